The number of amides is 1. The van der Waals surface area contributed by atoms with Crippen molar-refractivity contribution in [3.05, 3.63) is 53.3 Å². The number of nitrogens with one attached hydrogen (secondary N) is 2. The van der Waals surface area contributed by atoms with Crippen molar-refractivity contribution in [2.45, 2.75) is 51.6 Å². The second-order valence-electron chi connectivity index (χ2n) is 7.12. The van der Waals surface area contributed by atoms with Gasteiger partial charge in [-0.3, -0.25) is 4.79 Å². The van der Waals surface area contributed by atoms with Crippen molar-refractivity contribution in [2.75, 3.05) is 22.9 Å². The molecular formula is C22H27F4N3O. The van der Waals surface area contributed by atoms with E-state index in [1.54, 1.807) is 0 Å². The van der Waals surface area contributed by atoms with Crippen LogP contribution < -0.4 is 16.4 Å². The molecule has 0 aromatic heterocycles. The van der Waals surface area contributed by atoms with Gasteiger partial charge < -0.3 is 16.4 Å². The number of carbonyl (C=O) groups excluding carboxylic acids is 1. The summed E-state index contributed by atoms with van der Waals surface area (Å²) in [5, 5.41) is 5.52. The third-order valence-corrected chi connectivity index (χ3v) is 4.72. The number of hydrogen-bond acceptors (Lipinski definition) is 3. The van der Waals surface area contributed by atoms with Gasteiger partial charge in [0.1, 0.15) is 0 Å². The Kier molecular flexibility index (Phi) is 8.50. The minimum Gasteiger partial charge on any atom is -0.395 e. The lowest BCUT2D eigenvalue weighted by Crippen LogP contribution is -2.14. The third-order valence-electron chi connectivity index (χ3n) is 4.72. The molecule has 0 fully saturated rings. The van der Waals surface area contributed by atoms with Crippen molar-refractivity contribution in [3.63, 3.8) is 0 Å². The van der Waals surface area contributed by atoms with E-state index < -0.39 is 17.6 Å². The SMILES string of the molecule is CCCCCCC(=O)Nc1ccc(NCCc2ccc(C(F)(F)F)cc2)c(F)c1N. The van der Waals surface area contributed by atoms with Crippen molar-refractivity contribution in [2.24, 2.45) is 0 Å². The van der Waals surface area contributed by atoms with Crippen LogP contribution in [-0.4, -0.2) is 12.5 Å². The minimum atomic E-state index is -4.37. The first-order valence-electron chi connectivity index (χ1n) is 10.00. The highest BCUT2D eigenvalue weighted by Gasteiger charge is 2.29. The van der Waals surface area contributed by atoms with Gasteiger partial charge in [-0.05, 0) is 42.7 Å². The Labute approximate surface area is 173 Å². The molecule has 0 heterocycles. The van der Waals surface area contributed by atoms with E-state index in [9.17, 15) is 22.4 Å². The molecule has 0 aliphatic carbocycles. The van der Waals surface area contributed by atoms with Gasteiger partial charge >= 0.3 is 6.18 Å². The number of alkyl halides is 3. The topological polar surface area (TPSA) is 67.2 Å². The van der Waals surface area contributed by atoms with E-state index in [-0.39, 0.29) is 23.0 Å². The van der Waals surface area contributed by atoms with E-state index >= 15 is 0 Å². The number of rotatable bonds is 10. The van der Waals surface area contributed by atoms with Crippen LogP contribution in [-0.2, 0) is 17.4 Å². The van der Waals surface area contributed by atoms with Gasteiger partial charge in [-0.2, -0.15) is 13.2 Å². The maximum absolute atomic E-state index is 14.5. The number of anilines is 3. The largest absolute Gasteiger partial charge is 0.416 e. The first-order chi connectivity index (χ1) is 14.2. The van der Waals surface area contributed by atoms with Gasteiger partial charge in [-0.15, -0.1) is 0 Å². The highest BCUT2D eigenvalue weighted by atomic mass is 19.4. The zero-order valence-electron chi connectivity index (χ0n) is 16.9. The molecule has 0 saturated carbocycles. The first-order valence-corrected chi connectivity index (χ1v) is 10.00. The fraction of sp³-hybridized carbons (Fsp3) is 0.409. The van der Waals surface area contributed by atoms with Crippen LogP contribution in [0.5, 0.6) is 0 Å². The molecule has 30 heavy (non-hydrogen) atoms. The van der Waals surface area contributed by atoms with E-state index in [1.807, 2.05) is 0 Å². The Morgan fingerprint density at radius 2 is 1.67 bits per heavy atom. The minimum absolute atomic E-state index is 0.156. The summed E-state index contributed by atoms with van der Waals surface area (Å²) in [6.07, 6.45) is 0.275. The van der Waals surface area contributed by atoms with E-state index in [0.29, 0.717) is 24.9 Å². The highest BCUT2D eigenvalue weighted by molar-refractivity contribution is 5.94. The molecule has 0 spiro atoms. The lowest BCUT2D eigenvalue weighted by Gasteiger charge is -2.13. The van der Waals surface area contributed by atoms with Gasteiger partial charge in [0.25, 0.3) is 0 Å². The molecule has 0 radical (unpaired) electrons. The average Bonchev–Trinajstić information content (AvgIpc) is 2.70. The Morgan fingerprint density at radius 3 is 2.30 bits per heavy atom. The molecule has 0 unspecified atom stereocenters. The number of nitrogen functional groups attached to an aromatic ring is 1. The molecule has 2 aromatic carbocycles. The van der Waals surface area contributed by atoms with Gasteiger partial charge in [0, 0.05) is 13.0 Å². The lowest BCUT2D eigenvalue weighted by molar-refractivity contribution is -0.137. The maximum atomic E-state index is 14.5. The standard InChI is InChI=1S/C22H27F4N3O/c1-2-3-4-5-6-19(30)29-18-12-11-17(20(23)21(18)27)28-14-13-15-7-9-16(10-8-15)22(24,25)26/h7-12,28H,2-6,13-14,27H2,1H3,(H,29,30). The van der Waals surface area contributed by atoms with Crippen LogP contribution in [0, 0.1) is 5.82 Å². The summed E-state index contributed by atoms with van der Waals surface area (Å²) < 4.78 is 52.3. The second kappa shape index (κ2) is 10.8. The van der Waals surface area contributed by atoms with Crippen molar-refractivity contribution >= 4 is 23.0 Å². The third kappa shape index (κ3) is 6.93. The maximum Gasteiger partial charge on any atom is 0.416 e. The number of halogens is 4. The van der Waals surface area contributed by atoms with Crippen LogP contribution in [0.2, 0.25) is 0 Å². The van der Waals surface area contributed by atoms with Crippen LogP contribution in [0.15, 0.2) is 36.4 Å². The normalized spacial score (nSPS) is 11.4. The zero-order chi connectivity index (χ0) is 22.1. The van der Waals surface area contributed by atoms with Gasteiger partial charge in [-0.1, -0.05) is 38.3 Å². The van der Waals surface area contributed by atoms with Gasteiger partial charge in [0.15, 0.2) is 5.82 Å². The van der Waals surface area contributed by atoms with Gasteiger partial charge in [0.05, 0.1) is 22.6 Å². The van der Waals surface area contributed by atoms with Crippen LogP contribution in [0.25, 0.3) is 0 Å². The molecule has 4 N–H and O–H groups in total. The summed E-state index contributed by atoms with van der Waals surface area (Å²) in [5.74, 6) is -0.883. The molecule has 1 amide bonds. The van der Waals surface area contributed by atoms with Gasteiger partial charge in [-0.25, -0.2) is 4.39 Å². The van der Waals surface area contributed by atoms with Crippen molar-refractivity contribution in [3.8, 4) is 0 Å². The summed E-state index contributed by atoms with van der Waals surface area (Å²) in [7, 11) is 0. The second-order valence-corrected chi connectivity index (χ2v) is 7.12. The molecule has 0 bridgehead atoms. The Morgan fingerprint density at radius 1 is 1.00 bits per heavy atom. The molecule has 2 aromatic rings. The number of hydrogen-bond donors (Lipinski definition) is 3. The van der Waals surface area contributed by atoms with Crippen LogP contribution >= 0.6 is 0 Å². The number of carbonyl (C=O) groups is 1. The van der Waals surface area contributed by atoms with Crippen molar-refractivity contribution in [1.82, 2.24) is 0 Å². The lowest BCUT2D eigenvalue weighted by atomic mass is 10.1. The van der Waals surface area contributed by atoms with Crippen LogP contribution in [0.3, 0.4) is 0 Å². The van der Waals surface area contributed by atoms with Crippen LogP contribution in [0.1, 0.15) is 50.2 Å². The van der Waals surface area contributed by atoms with Crippen molar-refractivity contribution < 1.29 is 22.4 Å². The van der Waals surface area contributed by atoms with Crippen molar-refractivity contribution in [1.29, 1.82) is 0 Å². The number of benzene rings is 2. The molecule has 0 aliphatic heterocycles. The average molecular weight is 425 g/mol. The molecule has 2 rings (SSSR count). The smallest absolute Gasteiger partial charge is 0.395 e. The fourth-order valence-corrected chi connectivity index (χ4v) is 2.97. The predicted molar refractivity (Wildman–Crippen MR) is 112 cm³/mol. The molecule has 0 aliphatic rings. The molecule has 0 saturated heterocycles. The van der Waals surface area contributed by atoms with Crippen LogP contribution in [0.4, 0.5) is 34.6 Å². The Balaban J connectivity index is 1.88. The summed E-state index contributed by atoms with van der Waals surface area (Å²) in [6, 6.07) is 7.85. The Bertz CT molecular complexity index is 836. The summed E-state index contributed by atoms with van der Waals surface area (Å²) in [6.45, 7) is 2.40. The van der Waals surface area contributed by atoms with E-state index in [2.05, 4.69) is 17.6 Å². The van der Waals surface area contributed by atoms with E-state index in [4.69, 9.17) is 5.73 Å². The number of unbranched alkanes of at least 4 members (excludes halogenated alkanes) is 3. The summed E-state index contributed by atoms with van der Waals surface area (Å²) in [5.41, 5.74) is 6.03. The first kappa shape index (κ1) is 23.5. The molecule has 0 atom stereocenters. The fourth-order valence-electron chi connectivity index (χ4n) is 2.97. The summed E-state index contributed by atoms with van der Waals surface area (Å²) >= 11 is 0. The zero-order valence-corrected chi connectivity index (χ0v) is 16.9. The summed E-state index contributed by atoms with van der Waals surface area (Å²) in [4.78, 5) is 12.0. The van der Waals surface area contributed by atoms with E-state index in [0.717, 1.165) is 37.8 Å². The predicted octanol–water partition coefficient (Wildman–Crippen LogP) is 5.99. The Hall–Kier alpha value is -2.77. The monoisotopic (exact) mass is 425 g/mol. The number of nitrogens with two attached hydrogens (primary N) is 1. The highest BCUT2D eigenvalue weighted by Crippen LogP contribution is 2.30. The van der Waals surface area contributed by atoms with Gasteiger partial charge in [0.2, 0.25) is 5.91 Å². The molecular weight excluding hydrogens is 398 g/mol. The quantitative estimate of drug-likeness (QED) is 0.249. The molecule has 8 heteroatoms. The molecule has 164 valence electrons. The molecule has 4 nitrogen and oxygen atoms in total. The van der Waals surface area contributed by atoms with E-state index in [1.165, 1.54) is 24.3 Å².